The van der Waals surface area contributed by atoms with E-state index >= 15 is 0 Å². The van der Waals surface area contributed by atoms with Crippen molar-refractivity contribution in [2.24, 2.45) is 0 Å². The van der Waals surface area contributed by atoms with Crippen LogP contribution in [0.2, 0.25) is 0 Å². The molecule has 2 heterocycles. The topological polar surface area (TPSA) is 62.0 Å². The van der Waals surface area contributed by atoms with E-state index < -0.39 is 0 Å². The van der Waals surface area contributed by atoms with Crippen molar-refractivity contribution < 1.29 is 4.79 Å². The SMILES string of the molecule is O=C1CCCc2[nH]c(=O)c(C3CCNCC3)cc21. The minimum absolute atomic E-state index is 0.00958. The Hall–Kier alpha value is -1.42. The number of piperidine rings is 1. The fourth-order valence-corrected chi connectivity index (χ4v) is 3.03. The maximum atomic E-state index is 12.1. The molecule has 1 aromatic heterocycles. The van der Waals surface area contributed by atoms with Crippen molar-refractivity contribution in [3.63, 3.8) is 0 Å². The largest absolute Gasteiger partial charge is 0.325 e. The van der Waals surface area contributed by atoms with Crippen LogP contribution in [0, 0.1) is 0 Å². The van der Waals surface area contributed by atoms with Crippen molar-refractivity contribution >= 4 is 5.78 Å². The summed E-state index contributed by atoms with van der Waals surface area (Å²) in [6, 6.07) is 1.87. The third-order valence-electron chi connectivity index (χ3n) is 4.06. The van der Waals surface area contributed by atoms with Gasteiger partial charge in [-0.1, -0.05) is 0 Å². The molecule has 1 aromatic rings. The summed E-state index contributed by atoms with van der Waals surface area (Å²) in [5.74, 6) is 0.484. The Morgan fingerprint density at radius 1 is 1.11 bits per heavy atom. The van der Waals surface area contributed by atoms with Crippen molar-refractivity contribution in [2.75, 3.05) is 13.1 Å². The van der Waals surface area contributed by atoms with Crippen LogP contribution in [0.3, 0.4) is 0 Å². The second-order valence-corrected chi connectivity index (χ2v) is 5.25. The highest BCUT2D eigenvalue weighted by Crippen LogP contribution is 2.26. The van der Waals surface area contributed by atoms with Gasteiger partial charge >= 0.3 is 0 Å². The van der Waals surface area contributed by atoms with Crippen molar-refractivity contribution in [3.05, 3.63) is 33.2 Å². The van der Waals surface area contributed by atoms with Gasteiger partial charge in [0, 0.05) is 23.2 Å². The van der Waals surface area contributed by atoms with Crippen LogP contribution in [0.1, 0.15) is 53.2 Å². The van der Waals surface area contributed by atoms with E-state index in [2.05, 4.69) is 10.3 Å². The fraction of sp³-hybridized carbons (Fsp3) is 0.571. The number of H-pyrrole nitrogens is 1. The zero-order valence-electron chi connectivity index (χ0n) is 10.4. The highest BCUT2D eigenvalue weighted by atomic mass is 16.1. The molecule has 2 aliphatic rings. The van der Waals surface area contributed by atoms with E-state index in [-0.39, 0.29) is 11.3 Å². The third kappa shape index (κ3) is 2.01. The smallest absolute Gasteiger partial charge is 0.251 e. The van der Waals surface area contributed by atoms with Gasteiger partial charge in [-0.2, -0.15) is 0 Å². The number of aromatic nitrogens is 1. The summed E-state index contributed by atoms with van der Waals surface area (Å²) in [6.45, 7) is 1.91. The number of ketones is 1. The van der Waals surface area contributed by atoms with Gasteiger partial charge in [-0.15, -0.1) is 0 Å². The molecule has 1 saturated heterocycles. The Morgan fingerprint density at radius 3 is 2.67 bits per heavy atom. The van der Waals surface area contributed by atoms with Crippen LogP contribution >= 0.6 is 0 Å². The predicted molar refractivity (Wildman–Crippen MR) is 69.2 cm³/mol. The number of rotatable bonds is 1. The first-order valence-electron chi connectivity index (χ1n) is 6.75. The maximum Gasteiger partial charge on any atom is 0.251 e. The predicted octanol–water partition coefficient (Wildman–Crippen LogP) is 1.36. The number of fused-ring (bicyclic) bond motifs is 1. The molecule has 96 valence electrons. The van der Waals surface area contributed by atoms with Crippen molar-refractivity contribution in [1.29, 1.82) is 0 Å². The third-order valence-corrected chi connectivity index (χ3v) is 4.06. The molecule has 4 heteroatoms. The van der Waals surface area contributed by atoms with E-state index in [9.17, 15) is 9.59 Å². The number of carbonyl (C=O) groups is 1. The summed E-state index contributed by atoms with van der Waals surface area (Å²) < 4.78 is 0. The molecular weight excluding hydrogens is 228 g/mol. The van der Waals surface area contributed by atoms with Crippen LogP contribution in [-0.4, -0.2) is 23.9 Å². The lowest BCUT2D eigenvalue weighted by atomic mass is 9.87. The molecule has 1 aliphatic carbocycles. The Kier molecular flexibility index (Phi) is 3.04. The molecular formula is C14H18N2O2. The quantitative estimate of drug-likeness (QED) is 0.786. The Balaban J connectivity index is 2.02. The maximum absolute atomic E-state index is 12.1. The van der Waals surface area contributed by atoms with Crippen LogP contribution < -0.4 is 10.9 Å². The van der Waals surface area contributed by atoms with Gasteiger partial charge in [0.05, 0.1) is 0 Å². The minimum atomic E-state index is 0.00958. The van der Waals surface area contributed by atoms with Crippen LogP contribution in [0.25, 0.3) is 0 Å². The first kappa shape index (κ1) is 11.7. The van der Waals surface area contributed by atoms with E-state index in [0.717, 1.165) is 55.6 Å². The number of nitrogens with one attached hydrogen (secondary N) is 2. The molecule has 4 nitrogen and oxygen atoms in total. The van der Waals surface area contributed by atoms with Gasteiger partial charge in [-0.05, 0) is 50.8 Å². The average molecular weight is 246 g/mol. The van der Waals surface area contributed by atoms with E-state index in [1.54, 1.807) is 0 Å². The number of aromatic amines is 1. The zero-order chi connectivity index (χ0) is 12.5. The van der Waals surface area contributed by atoms with Gasteiger partial charge in [0.15, 0.2) is 5.78 Å². The molecule has 0 aromatic carbocycles. The molecule has 0 bridgehead atoms. The molecule has 0 amide bonds. The lowest BCUT2D eigenvalue weighted by Crippen LogP contribution is -2.31. The molecule has 3 rings (SSSR count). The van der Waals surface area contributed by atoms with Crippen LogP contribution in [-0.2, 0) is 6.42 Å². The van der Waals surface area contributed by atoms with Gasteiger partial charge in [0.2, 0.25) is 0 Å². The van der Waals surface area contributed by atoms with E-state index in [1.807, 2.05) is 6.07 Å². The number of hydrogen-bond acceptors (Lipinski definition) is 3. The standard InChI is InChI=1S/C14H18N2O2/c17-13-3-1-2-12-11(13)8-10(14(18)16-12)9-4-6-15-7-5-9/h8-9,15H,1-7H2,(H,16,18). The van der Waals surface area contributed by atoms with Gasteiger partial charge in [-0.25, -0.2) is 0 Å². The van der Waals surface area contributed by atoms with Gasteiger partial charge in [0.1, 0.15) is 0 Å². The summed E-state index contributed by atoms with van der Waals surface area (Å²) in [6.07, 6.45) is 4.26. The van der Waals surface area contributed by atoms with E-state index in [0.29, 0.717) is 12.3 Å². The van der Waals surface area contributed by atoms with E-state index in [1.165, 1.54) is 0 Å². The molecule has 1 fully saturated rings. The normalized spacial score (nSPS) is 20.8. The minimum Gasteiger partial charge on any atom is -0.325 e. The first-order chi connectivity index (χ1) is 8.75. The summed E-state index contributed by atoms with van der Waals surface area (Å²) >= 11 is 0. The van der Waals surface area contributed by atoms with Crippen molar-refractivity contribution in [2.45, 2.75) is 38.0 Å². The molecule has 1 aliphatic heterocycles. The van der Waals surface area contributed by atoms with Crippen LogP contribution in [0.4, 0.5) is 0 Å². The summed E-state index contributed by atoms with van der Waals surface area (Å²) in [5.41, 5.74) is 2.42. The van der Waals surface area contributed by atoms with Gasteiger partial charge < -0.3 is 10.3 Å². The molecule has 0 radical (unpaired) electrons. The molecule has 0 spiro atoms. The number of Topliss-reactive ketones (excluding diaryl/α,β-unsaturated/α-hetero) is 1. The van der Waals surface area contributed by atoms with E-state index in [4.69, 9.17) is 0 Å². The highest BCUT2D eigenvalue weighted by Gasteiger charge is 2.23. The zero-order valence-corrected chi connectivity index (χ0v) is 10.4. The van der Waals surface area contributed by atoms with Crippen molar-refractivity contribution in [3.8, 4) is 0 Å². The molecule has 2 N–H and O–H groups in total. The summed E-state index contributed by atoms with van der Waals surface area (Å²) in [4.78, 5) is 26.9. The highest BCUT2D eigenvalue weighted by molar-refractivity contribution is 5.98. The van der Waals surface area contributed by atoms with Crippen LogP contribution in [0.5, 0.6) is 0 Å². The molecule has 0 atom stereocenters. The molecule has 0 saturated carbocycles. The average Bonchev–Trinajstić information content (AvgIpc) is 2.39. The number of carbonyl (C=O) groups excluding carboxylic acids is 1. The monoisotopic (exact) mass is 246 g/mol. The van der Waals surface area contributed by atoms with Gasteiger partial charge in [-0.3, -0.25) is 9.59 Å². The Labute approximate surface area is 106 Å². The molecule has 18 heavy (non-hydrogen) atoms. The number of aryl methyl sites for hydroxylation is 1. The Morgan fingerprint density at radius 2 is 1.89 bits per heavy atom. The summed E-state index contributed by atoms with van der Waals surface area (Å²) in [5, 5.41) is 3.30. The molecule has 0 unspecified atom stereocenters. The van der Waals surface area contributed by atoms with Gasteiger partial charge in [0.25, 0.3) is 5.56 Å². The number of hydrogen-bond donors (Lipinski definition) is 2. The second-order valence-electron chi connectivity index (χ2n) is 5.25. The fourth-order valence-electron chi connectivity index (χ4n) is 3.03. The Bertz CT molecular complexity index is 527. The lowest BCUT2D eigenvalue weighted by molar-refractivity contribution is 0.0971. The van der Waals surface area contributed by atoms with Crippen LogP contribution in [0.15, 0.2) is 10.9 Å². The number of pyridine rings is 1. The lowest BCUT2D eigenvalue weighted by Gasteiger charge is -2.24. The second kappa shape index (κ2) is 4.69. The summed E-state index contributed by atoms with van der Waals surface area (Å²) in [7, 11) is 0. The van der Waals surface area contributed by atoms with Crippen molar-refractivity contribution in [1.82, 2.24) is 10.3 Å². The first-order valence-corrected chi connectivity index (χ1v) is 6.75.